The van der Waals surface area contributed by atoms with Gasteiger partial charge in [-0.05, 0) is 29.7 Å². The lowest BCUT2D eigenvalue weighted by Gasteiger charge is -2.20. The third-order valence-electron chi connectivity index (χ3n) is 3.92. The number of alkyl halides is 3. The van der Waals surface area contributed by atoms with Crippen LogP contribution in [0.2, 0.25) is 0 Å². The van der Waals surface area contributed by atoms with Gasteiger partial charge < -0.3 is 18.9 Å². The quantitative estimate of drug-likeness (QED) is 0.757. The van der Waals surface area contributed by atoms with Crippen LogP contribution in [0.5, 0.6) is 11.5 Å². The molecule has 2 aliphatic heterocycles. The van der Waals surface area contributed by atoms with Crippen LogP contribution in [0.15, 0.2) is 36.4 Å². The van der Waals surface area contributed by atoms with E-state index in [9.17, 15) is 13.2 Å². The first-order chi connectivity index (χ1) is 11.5. The summed E-state index contributed by atoms with van der Waals surface area (Å²) in [5, 5.41) is 1.57. The standard InChI is InChI=1S/C17H15F3O4/c18-17(19,20)16(15-9-23-15)24-11-4-5-13-10(6-11)2-1-3-14(13)22-8-12-7-21-12/h1-6,12,15-16H,7-9H2/t12-,15?,16?/m1/s1. The average Bonchev–Trinajstić information content (AvgIpc) is 3.43. The lowest BCUT2D eigenvalue weighted by Crippen LogP contribution is -2.39. The van der Waals surface area contributed by atoms with E-state index in [1.165, 1.54) is 6.07 Å². The second-order valence-corrected chi connectivity index (χ2v) is 5.86. The van der Waals surface area contributed by atoms with E-state index in [1.54, 1.807) is 24.3 Å². The van der Waals surface area contributed by atoms with E-state index in [1.807, 2.05) is 6.07 Å². The molecule has 2 aliphatic rings. The Balaban J connectivity index is 1.56. The van der Waals surface area contributed by atoms with Crippen molar-refractivity contribution in [2.45, 2.75) is 24.5 Å². The van der Waals surface area contributed by atoms with E-state index in [-0.39, 0.29) is 18.5 Å². The van der Waals surface area contributed by atoms with Gasteiger partial charge in [-0.15, -0.1) is 0 Å². The monoisotopic (exact) mass is 340 g/mol. The van der Waals surface area contributed by atoms with Crippen LogP contribution in [0, 0.1) is 0 Å². The highest BCUT2D eigenvalue weighted by Gasteiger charge is 2.52. The van der Waals surface area contributed by atoms with Gasteiger partial charge in [0.1, 0.15) is 30.3 Å². The molecule has 0 N–H and O–H groups in total. The van der Waals surface area contributed by atoms with Crippen LogP contribution in [-0.2, 0) is 9.47 Å². The summed E-state index contributed by atoms with van der Waals surface area (Å²) < 4.78 is 59.8. The third kappa shape index (κ3) is 3.42. The highest BCUT2D eigenvalue weighted by atomic mass is 19.4. The first-order valence-electron chi connectivity index (χ1n) is 7.63. The van der Waals surface area contributed by atoms with E-state index >= 15 is 0 Å². The Labute approximate surface area is 136 Å². The van der Waals surface area contributed by atoms with Crippen molar-refractivity contribution in [3.8, 4) is 11.5 Å². The Morgan fingerprint density at radius 3 is 2.58 bits per heavy atom. The van der Waals surface area contributed by atoms with Crippen molar-refractivity contribution in [2.75, 3.05) is 19.8 Å². The minimum atomic E-state index is -4.47. The minimum Gasteiger partial charge on any atom is -0.490 e. The maximum atomic E-state index is 13.0. The predicted octanol–water partition coefficient (Wildman–Crippen LogP) is 3.33. The largest absolute Gasteiger partial charge is 0.490 e. The number of rotatable bonds is 6. The number of ether oxygens (including phenoxy) is 4. The zero-order chi connectivity index (χ0) is 16.7. The van der Waals surface area contributed by atoms with Crippen molar-refractivity contribution in [1.29, 1.82) is 0 Å². The maximum Gasteiger partial charge on any atom is 0.428 e. The van der Waals surface area contributed by atoms with Crippen molar-refractivity contribution >= 4 is 10.8 Å². The Hall–Kier alpha value is -1.99. The van der Waals surface area contributed by atoms with Crippen molar-refractivity contribution in [3.63, 3.8) is 0 Å². The smallest absolute Gasteiger partial charge is 0.428 e. The van der Waals surface area contributed by atoms with Gasteiger partial charge in [-0.3, -0.25) is 0 Å². The fourth-order valence-electron chi connectivity index (χ4n) is 2.51. The Kier molecular flexibility index (Phi) is 3.77. The van der Waals surface area contributed by atoms with Crippen molar-refractivity contribution < 1.29 is 32.1 Å². The van der Waals surface area contributed by atoms with Gasteiger partial charge in [-0.2, -0.15) is 13.2 Å². The second kappa shape index (κ2) is 5.82. The molecule has 24 heavy (non-hydrogen) atoms. The molecule has 0 aromatic heterocycles. The molecule has 4 rings (SSSR count). The number of hydrogen-bond acceptors (Lipinski definition) is 4. The molecule has 2 aromatic rings. The van der Waals surface area contributed by atoms with Gasteiger partial charge in [-0.1, -0.05) is 12.1 Å². The summed E-state index contributed by atoms with van der Waals surface area (Å²) >= 11 is 0. The van der Waals surface area contributed by atoms with Gasteiger partial charge in [-0.25, -0.2) is 0 Å². The molecule has 0 bridgehead atoms. The lowest BCUT2D eigenvalue weighted by molar-refractivity contribution is -0.200. The zero-order valence-corrected chi connectivity index (χ0v) is 12.6. The van der Waals surface area contributed by atoms with Crippen LogP contribution in [-0.4, -0.2) is 44.3 Å². The molecular weight excluding hydrogens is 325 g/mol. The van der Waals surface area contributed by atoms with Crippen LogP contribution in [0.1, 0.15) is 0 Å². The molecule has 2 heterocycles. The van der Waals surface area contributed by atoms with Crippen LogP contribution >= 0.6 is 0 Å². The Bertz CT molecular complexity index is 738. The average molecular weight is 340 g/mol. The molecule has 2 fully saturated rings. The summed E-state index contributed by atoms with van der Waals surface area (Å²) in [5.41, 5.74) is 0. The SMILES string of the molecule is FC(F)(F)C(Oc1ccc2c(OC[C@H]3CO3)cccc2c1)C1CO1. The van der Waals surface area contributed by atoms with Crippen LogP contribution < -0.4 is 9.47 Å². The van der Waals surface area contributed by atoms with Gasteiger partial charge in [0.2, 0.25) is 6.10 Å². The summed E-state index contributed by atoms with van der Waals surface area (Å²) in [4.78, 5) is 0. The molecule has 128 valence electrons. The first-order valence-corrected chi connectivity index (χ1v) is 7.63. The van der Waals surface area contributed by atoms with Gasteiger partial charge in [0.15, 0.2) is 0 Å². The number of halogens is 3. The van der Waals surface area contributed by atoms with E-state index in [4.69, 9.17) is 18.9 Å². The van der Waals surface area contributed by atoms with Gasteiger partial charge >= 0.3 is 6.18 Å². The molecule has 0 radical (unpaired) electrons. The summed E-state index contributed by atoms with van der Waals surface area (Å²) in [6.07, 6.45) is -7.20. The fraction of sp³-hybridized carbons (Fsp3) is 0.412. The molecule has 3 atom stereocenters. The molecule has 2 aromatic carbocycles. The Morgan fingerprint density at radius 2 is 1.92 bits per heavy atom. The van der Waals surface area contributed by atoms with Crippen LogP contribution in [0.4, 0.5) is 13.2 Å². The molecule has 0 saturated carbocycles. The summed E-state index contributed by atoms with van der Waals surface area (Å²) in [7, 11) is 0. The first kappa shape index (κ1) is 15.5. The molecule has 0 aliphatic carbocycles. The van der Waals surface area contributed by atoms with E-state index in [0.29, 0.717) is 19.0 Å². The molecule has 7 heteroatoms. The number of benzene rings is 2. The fourth-order valence-corrected chi connectivity index (χ4v) is 2.51. The van der Waals surface area contributed by atoms with Crippen molar-refractivity contribution in [1.82, 2.24) is 0 Å². The number of fused-ring (bicyclic) bond motifs is 1. The van der Waals surface area contributed by atoms with Gasteiger partial charge in [0.25, 0.3) is 0 Å². The van der Waals surface area contributed by atoms with Gasteiger partial charge in [0.05, 0.1) is 13.2 Å². The predicted molar refractivity (Wildman–Crippen MR) is 79.4 cm³/mol. The van der Waals surface area contributed by atoms with Gasteiger partial charge in [0, 0.05) is 5.39 Å². The second-order valence-electron chi connectivity index (χ2n) is 5.86. The van der Waals surface area contributed by atoms with Crippen molar-refractivity contribution in [2.24, 2.45) is 0 Å². The molecule has 0 amide bonds. The van der Waals surface area contributed by atoms with E-state index in [2.05, 4.69) is 0 Å². The highest BCUT2D eigenvalue weighted by molar-refractivity contribution is 5.89. The molecule has 2 unspecified atom stereocenters. The zero-order valence-electron chi connectivity index (χ0n) is 12.6. The topological polar surface area (TPSA) is 43.5 Å². The molecule has 4 nitrogen and oxygen atoms in total. The highest BCUT2D eigenvalue weighted by Crippen LogP contribution is 2.35. The van der Waals surface area contributed by atoms with E-state index < -0.39 is 18.4 Å². The summed E-state index contributed by atoms with van der Waals surface area (Å²) in [6.45, 7) is 1.23. The lowest BCUT2D eigenvalue weighted by atomic mass is 10.1. The van der Waals surface area contributed by atoms with Crippen molar-refractivity contribution in [3.05, 3.63) is 36.4 Å². The normalized spacial score (nSPS) is 23.8. The summed E-state index contributed by atoms with van der Waals surface area (Å²) in [5.74, 6) is 0.829. The summed E-state index contributed by atoms with van der Waals surface area (Å²) in [6, 6.07) is 10.2. The third-order valence-corrected chi connectivity index (χ3v) is 3.92. The van der Waals surface area contributed by atoms with Crippen LogP contribution in [0.25, 0.3) is 10.8 Å². The van der Waals surface area contributed by atoms with Crippen LogP contribution in [0.3, 0.4) is 0 Å². The molecule has 0 spiro atoms. The van der Waals surface area contributed by atoms with E-state index in [0.717, 1.165) is 10.8 Å². The molecule has 2 saturated heterocycles. The number of epoxide rings is 2. The maximum absolute atomic E-state index is 13.0. The number of hydrogen-bond donors (Lipinski definition) is 0. The Morgan fingerprint density at radius 1 is 1.12 bits per heavy atom. The minimum absolute atomic E-state index is 0.0684. The molecular formula is C17H15F3O4.